The summed E-state index contributed by atoms with van der Waals surface area (Å²) >= 11 is 1.73. The molecule has 1 aromatic heterocycles. The van der Waals surface area contributed by atoms with Crippen LogP contribution < -0.4 is 5.32 Å². The number of thiazole rings is 1. The topological polar surface area (TPSA) is 37.4 Å². The number of rotatable bonds is 6. The van der Waals surface area contributed by atoms with Crippen molar-refractivity contribution in [2.45, 2.75) is 6.42 Å². The van der Waals surface area contributed by atoms with E-state index in [1.165, 1.54) is 5.01 Å². The van der Waals surface area contributed by atoms with Crippen molar-refractivity contribution in [3.05, 3.63) is 16.6 Å². The van der Waals surface area contributed by atoms with E-state index in [0.29, 0.717) is 0 Å². The summed E-state index contributed by atoms with van der Waals surface area (Å²) < 4.78 is 5.31. The molecule has 0 aliphatic carbocycles. The minimum atomic E-state index is 0.888. The Morgan fingerprint density at radius 1 is 1.38 bits per heavy atom. The highest BCUT2D eigenvalue weighted by molar-refractivity contribution is 7.09. The van der Waals surface area contributed by atoms with Crippen molar-refractivity contribution in [2.24, 2.45) is 0 Å². The van der Waals surface area contributed by atoms with Crippen LogP contribution in [-0.2, 0) is 11.2 Å². The van der Waals surface area contributed by atoms with Gasteiger partial charge < -0.3 is 10.1 Å². The molecule has 2 rings (SSSR count). The summed E-state index contributed by atoms with van der Waals surface area (Å²) in [6.45, 7) is 7.14. The largest absolute Gasteiger partial charge is 0.379 e. The summed E-state index contributed by atoms with van der Waals surface area (Å²) in [7, 11) is 0. The van der Waals surface area contributed by atoms with Crippen LogP contribution in [0.2, 0.25) is 0 Å². The summed E-state index contributed by atoms with van der Waals surface area (Å²) in [5.74, 6) is 0. The van der Waals surface area contributed by atoms with Gasteiger partial charge in [0, 0.05) is 50.7 Å². The molecule has 16 heavy (non-hydrogen) atoms. The molecule has 1 fully saturated rings. The molecule has 1 saturated heterocycles. The fourth-order valence-corrected chi connectivity index (χ4v) is 2.38. The zero-order chi connectivity index (χ0) is 11.1. The van der Waals surface area contributed by atoms with Crippen LogP contribution in [0.15, 0.2) is 11.6 Å². The highest BCUT2D eigenvalue weighted by Crippen LogP contribution is 2.03. The first-order valence-corrected chi connectivity index (χ1v) is 6.72. The van der Waals surface area contributed by atoms with Gasteiger partial charge in [-0.1, -0.05) is 0 Å². The lowest BCUT2D eigenvalue weighted by molar-refractivity contribution is 0.0385. The van der Waals surface area contributed by atoms with Crippen LogP contribution >= 0.6 is 11.3 Å². The first kappa shape index (κ1) is 12.0. The molecule has 1 N–H and O–H groups in total. The van der Waals surface area contributed by atoms with Gasteiger partial charge in [-0.2, -0.15) is 0 Å². The summed E-state index contributed by atoms with van der Waals surface area (Å²) in [5, 5.41) is 6.71. The van der Waals surface area contributed by atoms with Crippen molar-refractivity contribution in [1.29, 1.82) is 0 Å². The second kappa shape index (κ2) is 6.96. The van der Waals surface area contributed by atoms with Crippen LogP contribution in [0.1, 0.15) is 5.01 Å². The molecule has 1 aliphatic rings. The normalized spacial score (nSPS) is 17.8. The van der Waals surface area contributed by atoms with Gasteiger partial charge in [0.05, 0.1) is 18.2 Å². The van der Waals surface area contributed by atoms with Crippen molar-refractivity contribution in [3.8, 4) is 0 Å². The Kier molecular flexibility index (Phi) is 5.21. The van der Waals surface area contributed by atoms with Gasteiger partial charge in [0.15, 0.2) is 0 Å². The third-order valence-corrected chi connectivity index (χ3v) is 3.55. The summed E-state index contributed by atoms with van der Waals surface area (Å²) in [6, 6.07) is 0. The third-order valence-electron chi connectivity index (χ3n) is 2.71. The molecule has 0 bridgehead atoms. The zero-order valence-corrected chi connectivity index (χ0v) is 10.3. The Labute approximate surface area is 101 Å². The molecule has 90 valence electrons. The molecule has 1 aromatic rings. The van der Waals surface area contributed by atoms with Crippen LogP contribution in [0.3, 0.4) is 0 Å². The van der Waals surface area contributed by atoms with Crippen molar-refractivity contribution in [1.82, 2.24) is 15.2 Å². The highest BCUT2D eigenvalue weighted by atomic mass is 32.1. The molecule has 0 amide bonds. The molecule has 1 aliphatic heterocycles. The monoisotopic (exact) mass is 241 g/mol. The Morgan fingerprint density at radius 3 is 3.00 bits per heavy atom. The highest BCUT2D eigenvalue weighted by Gasteiger charge is 2.08. The van der Waals surface area contributed by atoms with Gasteiger partial charge in [0.25, 0.3) is 0 Å². The van der Waals surface area contributed by atoms with Crippen molar-refractivity contribution < 1.29 is 4.74 Å². The van der Waals surface area contributed by atoms with Gasteiger partial charge in [0.1, 0.15) is 0 Å². The van der Waals surface area contributed by atoms with Crippen molar-refractivity contribution in [2.75, 3.05) is 45.9 Å². The van der Waals surface area contributed by atoms with E-state index in [-0.39, 0.29) is 0 Å². The molecular formula is C11H19N3OS. The van der Waals surface area contributed by atoms with Gasteiger partial charge in [-0.25, -0.2) is 4.98 Å². The second-order valence-corrected chi connectivity index (χ2v) is 4.86. The van der Waals surface area contributed by atoms with E-state index in [2.05, 4.69) is 15.2 Å². The molecule has 0 saturated carbocycles. The van der Waals surface area contributed by atoms with E-state index in [1.54, 1.807) is 11.3 Å². The number of nitrogens with zero attached hydrogens (tertiary/aromatic N) is 2. The lowest BCUT2D eigenvalue weighted by Crippen LogP contribution is -2.40. The fraction of sp³-hybridized carbons (Fsp3) is 0.727. The minimum absolute atomic E-state index is 0.888. The molecule has 0 atom stereocenters. The smallest absolute Gasteiger partial charge is 0.0937 e. The average molecular weight is 241 g/mol. The number of morpholine rings is 1. The first-order valence-electron chi connectivity index (χ1n) is 5.84. The predicted molar refractivity (Wildman–Crippen MR) is 65.9 cm³/mol. The Morgan fingerprint density at radius 2 is 2.25 bits per heavy atom. The molecule has 4 nitrogen and oxygen atoms in total. The standard InChI is InChI=1S/C11H19N3OS/c1(11-13-4-10-16-11)2-12-3-5-14-6-8-15-9-7-14/h4,10,12H,1-3,5-9H2. The van der Waals surface area contributed by atoms with Crippen LogP contribution in [0.25, 0.3) is 0 Å². The summed E-state index contributed by atoms with van der Waals surface area (Å²) in [5.41, 5.74) is 0. The van der Waals surface area contributed by atoms with Crippen LogP contribution in [0.4, 0.5) is 0 Å². The maximum absolute atomic E-state index is 5.31. The van der Waals surface area contributed by atoms with Crippen molar-refractivity contribution >= 4 is 11.3 Å². The molecule has 0 radical (unpaired) electrons. The molecule has 0 aromatic carbocycles. The second-order valence-electron chi connectivity index (χ2n) is 3.88. The van der Waals surface area contributed by atoms with Crippen LogP contribution in [0, 0.1) is 0 Å². The van der Waals surface area contributed by atoms with E-state index in [0.717, 1.165) is 52.4 Å². The van der Waals surface area contributed by atoms with Crippen LogP contribution in [-0.4, -0.2) is 55.8 Å². The Balaban J connectivity index is 1.48. The summed E-state index contributed by atoms with van der Waals surface area (Å²) in [4.78, 5) is 6.70. The van der Waals surface area contributed by atoms with Crippen LogP contribution in [0.5, 0.6) is 0 Å². The fourth-order valence-electron chi connectivity index (χ4n) is 1.76. The molecule has 0 unspecified atom stereocenters. The molecule has 2 heterocycles. The lowest BCUT2D eigenvalue weighted by Gasteiger charge is -2.26. The summed E-state index contributed by atoms with van der Waals surface area (Å²) in [6.07, 6.45) is 2.91. The number of ether oxygens (including phenoxy) is 1. The third kappa shape index (κ3) is 4.17. The Bertz CT molecular complexity index is 273. The Hall–Kier alpha value is -0.490. The minimum Gasteiger partial charge on any atom is -0.379 e. The van der Waals surface area contributed by atoms with Gasteiger partial charge in [-0.3, -0.25) is 4.90 Å². The van der Waals surface area contributed by atoms with Gasteiger partial charge >= 0.3 is 0 Å². The SMILES string of the molecule is c1csc(CCNCCN2CCOCC2)n1. The van der Waals surface area contributed by atoms with E-state index in [1.807, 2.05) is 11.6 Å². The molecular weight excluding hydrogens is 222 g/mol. The first-order chi connectivity index (χ1) is 7.95. The quantitative estimate of drug-likeness (QED) is 0.740. The average Bonchev–Trinajstić information content (AvgIpc) is 2.83. The number of aromatic nitrogens is 1. The molecule has 0 spiro atoms. The molecule has 5 heteroatoms. The predicted octanol–water partition coefficient (Wildman–Crippen LogP) is 0.607. The van der Waals surface area contributed by atoms with E-state index in [9.17, 15) is 0 Å². The van der Waals surface area contributed by atoms with Gasteiger partial charge in [0.2, 0.25) is 0 Å². The van der Waals surface area contributed by atoms with Gasteiger partial charge in [-0.05, 0) is 0 Å². The zero-order valence-electron chi connectivity index (χ0n) is 9.52. The van der Waals surface area contributed by atoms with Crippen molar-refractivity contribution in [3.63, 3.8) is 0 Å². The lowest BCUT2D eigenvalue weighted by atomic mass is 10.4. The van der Waals surface area contributed by atoms with E-state index >= 15 is 0 Å². The van der Waals surface area contributed by atoms with Gasteiger partial charge in [-0.15, -0.1) is 11.3 Å². The van der Waals surface area contributed by atoms with E-state index in [4.69, 9.17) is 4.74 Å². The maximum Gasteiger partial charge on any atom is 0.0937 e. The number of hydrogen-bond acceptors (Lipinski definition) is 5. The maximum atomic E-state index is 5.31. The number of hydrogen-bond donors (Lipinski definition) is 1. The number of nitrogens with one attached hydrogen (secondary N) is 1. The van der Waals surface area contributed by atoms with E-state index < -0.39 is 0 Å².